The first-order chi connectivity index (χ1) is 19.6. The number of carbonyl (C=O) groups excluding carboxylic acids is 1. The second-order valence-electron chi connectivity index (χ2n) is 9.80. The summed E-state index contributed by atoms with van der Waals surface area (Å²) in [4.78, 5) is 22.6. The van der Waals surface area contributed by atoms with Crippen molar-refractivity contribution in [1.29, 1.82) is 0 Å². The van der Waals surface area contributed by atoms with Crippen molar-refractivity contribution in [2.24, 2.45) is 4.99 Å². The van der Waals surface area contributed by atoms with Crippen molar-refractivity contribution in [2.75, 3.05) is 63.7 Å². The van der Waals surface area contributed by atoms with Crippen LogP contribution >= 0.6 is 11.8 Å². The number of halogens is 4. The maximum atomic E-state index is 14.8. The highest BCUT2D eigenvalue weighted by molar-refractivity contribution is 7.99. The van der Waals surface area contributed by atoms with E-state index in [-0.39, 0.29) is 23.1 Å². The number of hydrogen-bond acceptors (Lipinski definition) is 7. The maximum Gasteiger partial charge on any atom is 0.417 e. The normalized spacial score (nSPS) is 19.0. The van der Waals surface area contributed by atoms with Crippen molar-refractivity contribution in [3.05, 3.63) is 72.3 Å². The van der Waals surface area contributed by atoms with Gasteiger partial charge in [-0.25, -0.2) is 9.38 Å². The number of piperazine rings is 1. The maximum absolute atomic E-state index is 14.8. The van der Waals surface area contributed by atoms with Crippen molar-refractivity contribution in [1.82, 2.24) is 9.80 Å². The minimum atomic E-state index is -4.70. The first-order valence-electron chi connectivity index (χ1n) is 13.1. The predicted molar refractivity (Wildman–Crippen MR) is 151 cm³/mol. The average molecular weight is 591 g/mol. The number of hydrogen-bond donors (Lipinski definition) is 0. The van der Waals surface area contributed by atoms with Gasteiger partial charge < -0.3 is 24.2 Å². The van der Waals surface area contributed by atoms with E-state index in [0.717, 1.165) is 18.2 Å². The van der Waals surface area contributed by atoms with Crippen LogP contribution in [-0.4, -0.2) is 86.4 Å². The number of nitrogens with zero attached hydrogens (tertiary/aromatic N) is 4. The van der Waals surface area contributed by atoms with E-state index < -0.39 is 17.6 Å². The number of alkyl halides is 3. The van der Waals surface area contributed by atoms with Gasteiger partial charge in [0, 0.05) is 55.1 Å². The molecule has 0 saturated carbocycles. The van der Waals surface area contributed by atoms with Crippen LogP contribution in [0.5, 0.6) is 0 Å². The molecule has 0 aliphatic carbocycles. The summed E-state index contributed by atoms with van der Waals surface area (Å²) in [7, 11) is 1.57. The summed E-state index contributed by atoms with van der Waals surface area (Å²) in [5, 5.41) is 0. The van der Waals surface area contributed by atoms with Crippen molar-refractivity contribution >= 4 is 29.2 Å². The first-order valence-corrected chi connectivity index (χ1v) is 14.1. The van der Waals surface area contributed by atoms with Crippen molar-refractivity contribution < 1.29 is 31.8 Å². The number of amides is 1. The van der Waals surface area contributed by atoms with E-state index in [9.17, 15) is 22.4 Å². The number of thioether (sulfide) groups is 1. The zero-order chi connectivity index (χ0) is 29.3. The van der Waals surface area contributed by atoms with Crippen LogP contribution in [0.4, 0.5) is 23.2 Å². The van der Waals surface area contributed by atoms with E-state index in [0.29, 0.717) is 79.5 Å². The van der Waals surface area contributed by atoms with Crippen molar-refractivity contribution in [3.63, 3.8) is 0 Å². The van der Waals surface area contributed by atoms with Gasteiger partial charge in [-0.15, -0.1) is 11.8 Å². The monoisotopic (exact) mass is 590 g/mol. The zero-order valence-electron chi connectivity index (χ0n) is 22.5. The molecule has 1 unspecified atom stereocenters. The Labute approximate surface area is 240 Å². The summed E-state index contributed by atoms with van der Waals surface area (Å²) < 4.78 is 69.2. The van der Waals surface area contributed by atoms with E-state index in [1.54, 1.807) is 12.0 Å². The molecule has 1 fully saturated rings. The Balaban J connectivity index is 1.66. The van der Waals surface area contributed by atoms with E-state index in [1.807, 2.05) is 9.80 Å². The highest BCUT2D eigenvalue weighted by Gasteiger charge is 2.42. The summed E-state index contributed by atoms with van der Waals surface area (Å²) in [6.45, 7) is 10.3. The third kappa shape index (κ3) is 5.86. The second kappa shape index (κ2) is 11.9. The van der Waals surface area contributed by atoms with Crippen LogP contribution < -0.4 is 4.90 Å². The smallest absolute Gasteiger partial charge is 0.382 e. The molecule has 0 bridgehead atoms. The lowest BCUT2D eigenvalue weighted by Crippen LogP contribution is -2.51. The van der Waals surface area contributed by atoms with Crippen LogP contribution in [0.15, 0.2) is 65.3 Å². The molecule has 1 amide bonds. The van der Waals surface area contributed by atoms with Gasteiger partial charge in [-0.3, -0.25) is 4.79 Å². The molecule has 5 rings (SSSR count). The number of methoxy groups -OCH3 is 1. The Morgan fingerprint density at radius 2 is 1.88 bits per heavy atom. The van der Waals surface area contributed by atoms with Crippen LogP contribution in [0.25, 0.3) is 11.1 Å². The number of rotatable bonds is 6. The van der Waals surface area contributed by atoms with Gasteiger partial charge in [0.05, 0.1) is 37.1 Å². The van der Waals surface area contributed by atoms with Gasteiger partial charge in [0.25, 0.3) is 0 Å². The van der Waals surface area contributed by atoms with Crippen LogP contribution in [0.3, 0.4) is 0 Å². The fourth-order valence-electron chi connectivity index (χ4n) is 5.26. The van der Waals surface area contributed by atoms with Gasteiger partial charge in [-0.2, -0.15) is 13.2 Å². The quantitative estimate of drug-likeness (QED) is 0.268. The van der Waals surface area contributed by atoms with E-state index >= 15 is 0 Å². The highest BCUT2D eigenvalue weighted by atomic mass is 32.2. The number of ether oxygens (including phenoxy) is 2. The molecule has 7 nitrogen and oxygen atoms in total. The number of aliphatic imine (C=N–C) groups is 1. The molecule has 0 radical (unpaired) electrons. The van der Waals surface area contributed by atoms with Gasteiger partial charge in [0.1, 0.15) is 17.5 Å². The fraction of sp³-hybridized carbons (Fsp3) is 0.379. The van der Waals surface area contributed by atoms with Gasteiger partial charge in [0.15, 0.2) is 0 Å². The molecule has 3 heterocycles. The van der Waals surface area contributed by atoms with Crippen LogP contribution in [0, 0.1) is 5.82 Å². The molecule has 41 heavy (non-hydrogen) atoms. The second-order valence-corrected chi connectivity index (χ2v) is 10.8. The number of benzene rings is 2. The molecule has 0 aromatic heterocycles. The molecule has 3 aliphatic rings. The molecule has 12 heteroatoms. The number of anilines is 1. The van der Waals surface area contributed by atoms with Gasteiger partial charge >= 0.3 is 6.18 Å². The first kappa shape index (κ1) is 29.2. The van der Waals surface area contributed by atoms with Gasteiger partial charge in [-0.05, 0) is 29.8 Å². The third-order valence-electron chi connectivity index (χ3n) is 7.26. The molecule has 0 spiro atoms. The zero-order valence-corrected chi connectivity index (χ0v) is 23.4. The lowest BCUT2D eigenvalue weighted by atomic mass is 9.93. The molecule has 0 N–H and O–H groups in total. The van der Waals surface area contributed by atoms with Crippen molar-refractivity contribution in [3.8, 4) is 11.1 Å². The minimum Gasteiger partial charge on any atom is -0.382 e. The van der Waals surface area contributed by atoms with E-state index in [1.165, 1.54) is 30.0 Å². The standard InChI is InChI=1S/C29H30F4N4O3S/c1-4-24(38)35-9-11-36(12-10-35)28-22-15-23(29(31,32)33)25(19-5-7-20(30)8-6-19)27-26(22)37(18(2)34-28)16-21(17-41-27)40-14-13-39-3/h4-8,15,21H,1-2,9-14,16-17H2,3H3. The SMILES string of the molecule is C=CC(=O)N1CCN(C2=NC(=C)N3CC(OCCOC)CSc4c(-c5ccc(F)cc5)c(C(F)(F)F)cc2c43)CC1. The van der Waals surface area contributed by atoms with E-state index in [2.05, 4.69) is 13.2 Å². The van der Waals surface area contributed by atoms with Gasteiger partial charge in [-0.1, -0.05) is 25.3 Å². The Hall–Kier alpha value is -3.35. The Morgan fingerprint density at radius 3 is 2.51 bits per heavy atom. The molecule has 218 valence electrons. The largest absolute Gasteiger partial charge is 0.417 e. The summed E-state index contributed by atoms with van der Waals surface area (Å²) >= 11 is 1.28. The van der Waals surface area contributed by atoms with Crippen LogP contribution in [0.1, 0.15) is 11.1 Å². The van der Waals surface area contributed by atoms with Crippen LogP contribution in [0.2, 0.25) is 0 Å². The summed E-state index contributed by atoms with van der Waals surface area (Å²) in [5.41, 5.74) is 0.317. The average Bonchev–Trinajstić information content (AvgIpc) is 3.15. The fourth-order valence-corrected chi connectivity index (χ4v) is 6.55. The summed E-state index contributed by atoms with van der Waals surface area (Å²) in [6, 6.07) is 6.20. The van der Waals surface area contributed by atoms with Gasteiger partial charge in [0.2, 0.25) is 5.91 Å². The third-order valence-corrected chi connectivity index (χ3v) is 8.48. The molecule has 3 aliphatic heterocycles. The Bertz CT molecular complexity index is 1370. The molecule has 2 aromatic carbocycles. The minimum absolute atomic E-state index is 0.0146. The molecular formula is C29H30F4N4O3S. The van der Waals surface area contributed by atoms with Crippen LogP contribution in [-0.2, 0) is 20.4 Å². The van der Waals surface area contributed by atoms with Crippen molar-refractivity contribution in [2.45, 2.75) is 17.2 Å². The Morgan fingerprint density at radius 1 is 1.17 bits per heavy atom. The van der Waals surface area contributed by atoms with E-state index in [4.69, 9.17) is 14.5 Å². The number of carbonyl (C=O) groups is 1. The topological polar surface area (TPSA) is 57.6 Å². The summed E-state index contributed by atoms with van der Waals surface area (Å²) in [5.74, 6) is 0.407. The summed E-state index contributed by atoms with van der Waals surface area (Å²) in [6.07, 6.45) is -3.79. The predicted octanol–water partition coefficient (Wildman–Crippen LogP) is 5.02. The molecule has 2 aromatic rings. The molecule has 1 atom stereocenters. The highest BCUT2D eigenvalue weighted by Crippen LogP contribution is 2.51. The molecule has 1 saturated heterocycles. The number of amidine groups is 1. The lowest BCUT2D eigenvalue weighted by Gasteiger charge is -2.40. The lowest BCUT2D eigenvalue weighted by molar-refractivity contribution is -0.137. The molecular weight excluding hydrogens is 560 g/mol. The Kier molecular flexibility index (Phi) is 8.44.